The van der Waals surface area contributed by atoms with Crippen molar-refractivity contribution in [3.05, 3.63) is 64.2 Å². The van der Waals surface area contributed by atoms with Crippen LogP contribution in [-0.4, -0.2) is 29.7 Å². The highest BCUT2D eigenvalue weighted by Gasteiger charge is 2.16. The molecule has 2 rings (SSSR count). The van der Waals surface area contributed by atoms with Crippen LogP contribution in [0.25, 0.3) is 0 Å². The standard InChI is InChI=1S/C17H11N3O6S/c1-25-17(22)26-19-15(10-18)16(21)11-2-6-13(7-3-11)27-14-8-4-12(5-9-14)20(23)24/h2-9H,1H3/b19-15+. The number of methoxy groups -OCH3 is 1. The monoisotopic (exact) mass is 385 g/mol. The first kappa shape index (κ1) is 19.6. The van der Waals surface area contributed by atoms with Gasteiger partial charge in [-0.05, 0) is 36.4 Å². The lowest BCUT2D eigenvalue weighted by Gasteiger charge is -2.03. The van der Waals surface area contributed by atoms with Crippen molar-refractivity contribution in [2.24, 2.45) is 5.16 Å². The molecule has 0 heterocycles. The predicted molar refractivity (Wildman–Crippen MR) is 94.5 cm³/mol. The van der Waals surface area contributed by atoms with E-state index in [1.807, 2.05) is 0 Å². The van der Waals surface area contributed by atoms with Gasteiger partial charge in [-0.2, -0.15) is 5.26 Å². The van der Waals surface area contributed by atoms with Crippen LogP contribution in [0.15, 0.2) is 63.5 Å². The number of hydrogen-bond donors (Lipinski definition) is 0. The molecule has 0 bridgehead atoms. The number of nitriles is 1. The lowest BCUT2D eigenvalue weighted by Crippen LogP contribution is -2.14. The quantitative estimate of drug-likeness (QED) is 0.184. The van der Waals surface area contributed by atoms with Crippen LogP contribution in [0.2, 0.25) is 0 Å². The summed E-state index contributed by atoms with van der Waals surface area (Å²) in [5, 5.41) is 22.8. The largest absolute Gasteiger partial charge is 0.534 e. The SMILES string of the molecule is COC(=O)O/N=C(\C#N)C(=O)c1ccc(Sc2ccc([N+](=O)[O-])cc2)cc1. The lowest BCUT2D eigenvalue weighted by atomic mass is 10.1. The zero-order valence-electron chi connectivity index (χ0n) is 13.8. The first-order chi connectivity index (χ1) is 12.9. The highest BCUT2D eigenvalue weighted by Crippen LogP contribution is 2.29. The van der Waals surface area contributed by atoms with E-state index in [0.717, 1.165) is 16.9 Å². The normalized spacial score (nSPS) is 10.6. The summed E-state index contributed by atoms with van der Waals surface area (Å²) in [4.78, 5) is 39.0. The molecule has 0 amide bonds. The Bertz CT molecular complexity index is 933. The van der Waals surface area contributed by atoms with Gasteiger partial charge in [0.15, 0.2) is 0 Å². The highest BCUT2D eigenvalue weighted by atomic mass is 32.2. The molecule has 0 unspecified atom stereocenters. The van der Waals surface area contributed by atoms with E-state index in [0.29, 0.717) is 0 Å². The predicted octanol–water partition coefficient (Wildman–Crippen LogP) is 3.59. The molecule has 0 aliphatic carbocycles. The van der Waals surface area contributed by atoms with E-state index in [-0.39, 0.29) is 11.3 Å². The number of carbonyl (C=O) groups excluding carboxylic acids is 2. The molecule has 9 nitrogen and oxygen atoms in total. The number of nitro benzene ring substituents is 1. The molecule has 0 aliphatic rings. The Morgan fingerprint density at radius 1 is 1.11 bits per heavy atom. The second-order valence-electron chi connectivity index (χ2n) is 4.80. The first-order valence-corrected chi connectivity index (χ1v) is 8.06. The topological polar surface area (TPSA) is 132 Å². The summed E-state index contributed by atoms with van der Waals surface area (Å²) < 4.78 is 4.19. The molecule has 0 aromatic heterocycles. The maximum Gasteiger partial charge on any atom is 0.534 e. The number of carbonyl (C=O) groups is 2. The number of ether oxygens (including phenoxy) is 1. The fourth-order valence-electron chi connectivity index (χ4n) is 1.82. The van der Waals surface area contributed by atoms with Gasteiger partial charge in [0.2, 0.25) is 11.5 Å². The third-order valence-electron chi connectivity index (χ3n) is 3.10. The van der Waals surface area contributed by atoms with Gasteiger partial charge in [-0.25, -0.2) is 4.79 Å². The number of hydrogen-bond acceptors (Lipinski definition) is 9. The first-order valence-electron chi connectivity index (χ1n) is 7.24. The summed E-state index contributed by atoms with van der Waals surface area (Å²) in [5.41, 5.74) is -0.425. The van der Waals surface area contributed by atoms with Gasteiger partial charge < -0.3 is 4.74 Å². The minimum absolute atomic E-state index is 0.00205. The number of Topliss-reactive ketones (excluding diaryl/α,β-unsaturated/α-hetero) is 1. The van der Waals surface area contributed by atoms with Gasteiger partial charge >= 0.3 is 6.16 Å². The fourth-order valence-corrected chi connectivity index (χ4v) is 2.63. The Kier molecular flexibility index (Phi) is 6.62. The molecule has 0 N–H and O–H groups in total. The Hall–Kier alpha value is -3.71. The van der Waals surface area contributed by atoms with E-state index in [4.69, 9.17) is 5.26 Å². The molecule has 0 saturated carbocycles. The molecule has 0 radical (unpaired) electrons. The van der Waals surface area contributed by atoms with Gasteiger partial charge in [-0.1, -0.05) is 16.9 Å². The lowest BCUT2D eigenvalue weighted by molar-refractivity contribution is -0.384. The van der Waals surface area contributed by atoms with Crippen LogP contribution >= 0.6 is 11.8 Å². The minimum atomic E-state index is -1.15. The summed E-state index contributed by atoms with van der Waals surface area (Å²) in [5.74, 6) is -0.715. The van der Waals surface area contributed by atoms with E-state index >= 15 is 0 Å². The third-order valence-corrected chi connectivity index (χ3v) is 4.11. The molecule has 0 atom stereocenters. The minimum Gasteiger partial charge on any atom is -0.436 e. The fraction of sp³-hybridized carbons (Fsp3) is 0.0588. The number of nitrogens with zero attached hydrogens (tertiary/aromatic N) is 3. The van der Waals surface area contributed by atoms with Crippen molar-refractivity contribution in [2.45, 2.75) is 9.79 Å². The molecule has 0 aliphatic heterocycles. The maximum atomic E-state index is 12.2. The Labute approximate surface area is 157 Å². The number of benzene rings is 2. The van der Waals surface area contributed by atoms with Crippen molar-refractivity contribution >= 4 is 35.1 Å². The second kappa shape index (κ2) is 9.12. The van der Waals surface area contributed by atoms with Gasteiger partial charge in [0.05, 0.1) is 12.0 Å². The van der Waals surface area contributed by atoms with Gasteiger partial charge in [-0.3, -0.25) is 19.7 Å². The molecule has 2 aromatic carbocycles. The second-order valence-corrected chi connectivity index (χ2v) is 5.95. The summed E-state index contributed by atoms with van der Waals surface area (Å²) in [6.07, 6.45) is -1.15. The van der Waals surface area contributed by atoms with Gasteiger partial charge in [-0.15, -0.1) is 0 Å². The van der Waals surface area contributed by atoms with Crippen molar-refractivity contribution < 1.29 is 24.1 Å². The highest BCUT2D eigenvalue weighted by molar-refractivity contribution is 7.99. The van der Waals surface area contributed by atoms with Crippen LogP contribution in [-0.2, 0) is 9.57 Å². The smallest absolute Gasteiger partial charge is 0.436 e. The number of non-ortho nitro benzene ring substituents is 1. The van der Waals surface area contributed by atoms with Gasteiger partial charge in [0, 0.05) is 27.5 Å². The summed E-state index contributed by atoms with van der Waals surface area (Å²) in [6.45, 7) is 0. The molecule has 27 heavy (non-hydrogen) atoms. The van der Waals surface area contributed by atoms with Crippen LogP contribution < -0.4 is 0 Å². The van der Waals surface area contributed by atoms with E-state index < -0.39 is 22.6 Å². The van der Waals surface area contributed by atoms with E-state index in [1.54, 1.807) is 30.3 Å². The average molecular weight is 385 g/mol. The van der Waals surface area contributed by atoms with Crippen molar-refractivity contribution in [1.82, 2.24) is 0 Å². The van der Waals surface area contributed by atoms with Crippen LogP contribution in [0.1, 0.15) is 10.4 Å². The summed E-state index contributed by atoms with van der Waals surface area (Å²) in [7, 11) is 1.06. The molecule has 10 heteroatoms. The van der Waals surface area contributed by atoms with Crippen molar-refractivity contribution in [2.75, 3.05) is 7.11 Å². The van der Waals surface area contributed by atoms with Gasteiger partial charge in [0.1, 0.15) is 6.07 Å². The van der Waals surface area contributed by atoms with Crippen molar-refractivity contribution in [1.29, 1.82) is 5.26 Å². The Morgan fingerprint density at radius 3 is 2.15 bits per heavy atom. The van der Waals surface area contributed by atoms with Crippen molar-refractivity contribution in [3.8, 4) is 6.07 Å². The zero-order valence-corrected chi connectivity index (χ0v) is 14.6. The number of ketones is 1. The van der Waals surface area contributed by atoms with E-state index in [2.05, 4.69) is 14.7 Å². The molecule has 2 aromatic rings. The molecular weight excluding hydrogens is 374 g/mol. The number of oxime groups is 1. The molecular formula is C17H11N3O6S. The van der Waals surface area contributed by atoms with Crippen LogP contribution in [0.4, 0.5) is 10.5 Å². The van der Waals surface area contributed by atoms with E-state index in [1.165, 1.54) is 36.0 Å². The summed E-state index contributed by atoms with van der Waals surface area (Å²) >= 11 is 1.34. The van der Waals surface area contributed by atoms with Crippen LogP contribution in [0.3, 0.4) is 0 Å². The average Bonchev–Trinajstić information content (AvgIpc) is 2.69. The van der Waals surface area contributed by atoms with Crippen LogP contribution in [0.5, 0.6) is 0 Å². The zero-order chi connectivity index (χ0) is 19.8. The van der Waals surface area contributed by atoms with Crippen LogP contribution in [0, 0.1) is 21.4 Å². The number of rotatable bonds is 6. The third kappa shape index (κ3) is 5.38. The molecule has 136 valence electrons. The Balaban J connectivity index is 2.09. The molecule has 0 spiro atoms. The Morgan fingerprint density at radius 2 is 1.67 bits per heavy atom. The molecule has 0 fully saturated rings. The molecule has 0 saturated heterocycles. The van der Waals surface area contributed by atoms with E-state index in [9.17, 15) is 19.7 Å². The number of nitro groups is 1. The van der Waals surface area contributed by atoms with Crippen molar-refractivity contribution in [3.63, 3.8) is 0 Å². The van der Waals surface area contributed by atoms with Gasteiger partial charge in [0.25, 0.3) is 5.69 Å². The summed E-state index contributed by atoms with van der Waals surface area (Å²) in [6, 6.07) is 13.9. The maximum absolute atomic E-state index is 12.2.